The minimum absolute atomic E-state index is 0.124. The quantitative estimate of drug-likeness (QED) is 0.741. The Hall–Kier alpha value is -1.98. The van der Waals surface area contributed by atoms with Crippen LogP contribution in [0.1, 0.15) is 19.8 Å². The Balaban J connectivity index is 2.22. The number of hydrogen-bond donors (Lipinski definition) is 0. The van der Waals surface area contributed by atoms with Crippen molar-refractivity contribution in [2.75, 3.05) is 0 Å². The maximum atomic E-state index is 11.8. The normalized spacial score (nSPS) is 10.8. The molecular weight excluding hydrogens is 208 g/mol. The van der Waals surface area contributed by atoms with E-state index in [1.807, 2.05) is 0 Å². The summed E-state index contributed by atoms with van der Waals surface area (Å²) in [6.45, 7) is 2.00. The maximum Gasteiger partial charge on any atom is 0.350 e. The summed E-state index contributed by atoms with van der Waals surface area (Å²) < 4.78 is 2.79. The van der Waals surface area contributed by atoms with E-state index in [1.54, 1.807) is 6.20 Å². The summed E-state index contributed by atoms with van der Waals surface area (Å²) in [6.07, 6.45) is 5.75. The SMILES string of the molecule is CC(=O)CCCn1nc2cnccn2c1=O. The van der Waals surface area contributed by atoms with Gasteiger partial charge in [-0.25, -0.2) is 13.9 Å². The molecule has 0 aromatic carbocycles. The Morgan fingerprint density at radius 2 is 2.31 bits per heavy atom. The zero-order valence-electron chi connectivity index (χ0n) is 8.96. The van der Waals surface area contributed by atoms with Crippen LogP contribution in [0.3, 0.4) is 0 Å². The van der Waals surface area contributed by atoms with Gasteiger partial charge in [-0.15, -0.1) is 5.10 Å². The number of aryl methyl sites for hydroxylation is 1. The molecule has 0 aliphatic carbocycles. The smallest absolute Gasteiger partial charge is 0.300 e. The number of rotatable bonds is 4. The van der Waals surface area contributed by atoms with Crippen LogP contribution in [0.15, 0.2) is 23.4 Å². The Morgan fingerprint density at radius 3 is 3.00 bits per heavy atom. The standard InChI is InChI=1S/C10H12N4O2/c1-8(15)3-2-5-14-10(16)13-6-4-11-7-9(13)12-14/h4,6-7H,2-3,5H2,1H3. The fourth-order valence-electron chi connectivity index (χ4n) is 1.50. The third kappa shape index (κ3) is 2.00. The van der Waals surface area contributed by atoms with Crippen molar-refractivity contribution in [2.24, 2.45) is 0 Å². The zero-order valence-corrected chi connectivity index (χ0v) is 8.96. The van der Waals surface area contributed by atoms with Gasteiger partial charge < -0.3 is 4.79 Å². The van der Waals surface area contributed by atoms with E-state index in [2.05, 4.69) is 10.1 Å². The van der Waals surface area contributed by atoms with Gasteiger partial charge in [-0.3, -0.25) is 4.98 Å². The molecule has 16 heavy (non-hydrogen) atoms. The monoisotopic (exact) mass is 220 g/mol. The van der Waals surface area contributed by atoms with Crippen molar-refractivity contribution in [3.8, 4) is 0 Å². The molecule has 0 saturated carbocycles. The predicted octanol–water partition coefficient (Wildman–Crippen LogP) is 0.260. The highest BCUT2D eigenvalue weighted by molar-refractivity contribution is 5.75. The molecule has 0 unspecified atom stereocenters. The number of carbonyl (C=O) groups excluding carboxylic acids is 1. The highest BCUT2D eigenvalue weighted by Crippen LogP contribution is 1.96. The van der Waals surface area contributed by atoms with Crippen LogP contribution in [0.2, 0.25) is 0 Å². The molecule has 2 rings (SSSR count). The van der Waals surface area contributed by atoms with Gasteiger partial charge in [-0.1, -0.05) is 0 Å². The van der Waals surface area contributed by atoms with Crippen molar-refractivity contribution in [2.45, 2.75) is 26.3 Å². The molecule has 0 radical (unpaired) electrons. The van der Waals surface area contributed by atoms with E-state index in [0.29, 0.717) is 25.0 Å². The van der Waals surface area contributed by atoms with Gasteiger partial charge in [0.15, 0.2) is 5.65 Å². The summed E-state index contributed by atoms with van der Waals surface area (Å²) in [4.78, 5) is 26.4. The van der Waals surface area contributed by atoms with Gasteiger partial charge in [0, 0.05) is 25.4 Å². The van der Waals surface area contributed by atoms with Crippen LogP contribution in [0.5, 0.6) is 0 Å². The molecule has 0 saturated heterocycles. The molecule has 0 aliphatic rings. The molecule has 0 atom stereocenters. The van der Waals surface area contributed by atoms with Gasteiger partial charge in [0.1, 0.15) is 5.78 Å². The molecule has 6 nitrogen and oxygen atoms in total. The van der Waals surface area contributed by atoms with Gasteiger partial charge in [-0.05, 0) is 13.3 Å². The summed E-state index contributed by atoms with van der Waals surface area (Å²) in [7, 11) is 0. The molecule has 6 heteroatoms. The summed E-state index contributed by atoms with van der Waals surface area (Å²) in [5, 5.41) is 4.10. The van der Waals surface area contributed by atoms with E-state index in [1.165, 1.54) is 28.4 Å². The molecule has 0 aliphatic heterocycles. The van der Waals surface area contributed by atoms with E-state index in [4.69, 9.17) is 0 Å². The fourth-order valence-corrected chi connectivity index (χ4v) is 1.50. The lowest BCUT2D eigenvalue weighted by molar-refractivity contribution is -0.117. The lowest BCUT2D eigenvalue weighted by Crippen LogP contribution is -2.21. The lowest BCUT2D eigenvalue weighted by atomic mass is 10.2. The number of fused-ring (bicyclic) bond motifs is 1. The first-order valence-electron chi connectivity index (χ1n) is 5.07. The largest absolute Gasteiger partial charge is 0.350 e. The highest BCUT2D eigenvalue weighted by atomic mass is 16.2. The number of aromatic nitrogens is 4. The maximum absolute atomic E-state index is 11.8. The Morgan fingerprint density at radius 1 is 1.50 bits per heavy atom. The molecule has 2 aromatic heterocycles. The van der Waals surface area contributed by atoms with Gasteiger partial charge in [-0.2, -0.15) is 0 Å². The van der Waals surface area contributed by atoms with Gasteiger partial charge >= 0.3 is 5.69 Å². The first-order valence-corrected chi connectivity index (χ1v) is 5.07. The molecule has 0 amide bonds. The molecule has 0 spiro atoms. The van der Waals surface area contributed by atoms with Crippen LogP contribution < -0.4 is 5.69 Å². The lowest BCUT2D eigenvalue weighted by Gasteiger charge is -1.96. The van der Waals surface area contributed by atoms with Crippen molar-refractivity contribution in [1.29, 1.82) is 0 Å². The van der Waals surface area contributed by atoms with Crippen LogP contribution in [0.4, 0.5) is 0 Å². The molecule has 2 heterocycles. The zero-order chi connectivity index (χ0) is 11.5. The van der Waals surface area contributed by atoms with Crippen LogP contribution >= 0.6 is 0 Å². The summed E-state index contributed by atoms with van der Waals surface area (Å²) >= 11 is 0. The van der Waals surface area contributed by atoms with Gasteiger partial charge in [0.25, 0.3) is 0 Å². The number of ketones is 1. The Labute approximate surface area is 91.5 Å². The average Bonchev–Trinajstić information content (AvgIpc) is 2.56. The second-order valence-corrected chi connectivity index (χ2v) is 3.62. The number of nitrogens with zero attached hydrogens (tertiary/aromatic N) is 4. The molecular formula is C10H12N4O2. The van der Waals surface area contributed by atoms with Crippen LogP contribution in [0.25, 0.3) is 5.65 Å². The van der Waals surface area contributed by atoms with E-state index in [9.17, 15) is 9.59 Å². The van der Waals surface area contributed by atoms with E-state index >= 15 is 0 Å². The summed E-state index contributed by atoms with van der Waals surface area (Å²) in [6, 6.07) is 0. The average molecular weight is 220 g/mol. The first kappa shape index (κ1) is 10.5. The third-order valence-electron chi connectivity index (χ3n) is 2.29. The predicted molar refractivity (Wildman–Crippen MR) is 57.2 cm³/mol. The number of hydrogen-bond acceptors (Lipinski definition) is 4. The first-order chi connectivity index (χ1) is 7.68. The topological polar surface area (TPSA) is 69.3 Å². The van der Waals surface area contributed by atoms with Crippen LogP contribution in [-0.2, 0) is 11.3 Å². The number of Topliss-reactive ketones (excluding diaryl/α,β-unsaturated/α-hetero) is 1. The minimum Gasteiger partial charge on any atom is -0.300 e. The summed E-state index contributed by atoms with van der Waals surface area (Å²) in [5.41, 5.74) is 0.330. The van der Waals surface area contributed by atoms with Crippen LogP contribution in [-0.4, -0.2) is 24.9 Å². The second kappa shape index (κ2) is 4.26. The van der Waals surface area contributed by atoms with Crippen molar-refractivity contribution < 1.29 is 4.79 Å². The Kier molecular flexibility index (Phi) is 2.80. The Bertz CT molecular complexity index is 569. The third-order valence-corrected chi connectivity index (χ3v) is 2.29. The molecule has 84 valence electrons. The molecule has 0 N–H and O–H groups in total. The molecule has 0 bridgehead atoms. The van der Waals surface area contributed by atoms with Crippen molar-refractivity contribution in [3.63, 3.8) is 0 Å². The fraction of sp³-hybridized carbons (Fsp3) is 0.400. The summed E-state index contributed by atoms with van der Waals surface area (Å²) in [5.74, 6) is 0.124. The minimum atomic E-state index is -0.194. The molecule has 0 fully saturated rings. The van der Waals surface area contributed by atoms with Gasteiger partial charge in [0.05, 0.1) is 6.20 Å². The van der Waals surface area contributed by atoms with Crippen molar-refractivity contribution in [3.05, 3.63) is 29.1 Å². The van der Waals surface area contributed by atoms with Crippen molar-refractivity contribution >= 4 is 11.4 Å². The van der Waals surface area contributed by atoms with E-state index < -0.39 is 0 Å². The van der Waals surface area contributed by atoms with Crippen molar-refractivity contribution in [1.82, 2.24) is 19.2 Å². The highest BCUT2D eigenvalue weighted by Gasteiger charge is 2.05. The molecule has 2 aromatic rings. The van der Waals surface area contributed by atoms with E-state index in [0.717, 1.165) is 0 Å². The van der Waals surface area contributed by atoms with E-state index in [-0.39, 0.29) is 11.5 Å². The van der Waals surface area contributed by atoms with Crippen LogP contribution in [0, 0.1) is 0 Å². The number of carbonyl (C=O) groups is 1. The van der Waals surface area contributed by atoms with Gasteiger partial charge in [0.2, 0.25) is 0 Å². The second-order valence-electron chi connectivity index (χ2n) is 3.62.